The number of ether oxygens (including phenoxy) is 1. The SMILES string of the molecule is CCCCCC/C=C\C/C=C\CCCCCCCCCC(=O)OCCCCC/C=C\CCCCCCCC(=O)NC(CO)C(O)/C=C/CCCCCCCCCC. The van der Waals surface area contributed by atoms with E-state index in [0.29, 0.717) is 19.4 Å². The van der Waals surface area contributed by atoms with Crippen LogP contribution in [-0.2, 0) is 14.3 Å². The number of unbranched alkanes of at least 4 members (excludes halogenated alkanes) is 27. The van der Waals surface area contributed by atoms with E-state index in [0.717, 1.165) is 89.9 Å². The predicted octanol–water partition coefficient (Wildman–Crippen LogP) is 14.3. The molecule has 0 spiro atoms. The maximum Gasteiger partial charge on any atom is 0.305 e. The average molecular weight is 800 g/mol. The molecule has 6 nitrogen and oxygen atoms in total. The number of nitrogens with one attached hydrogen (secondary N) is 1. The first-order chi connectivity index (χ1) is 28.0. The first-order valence-corrected chi connectivity index (χ1v) is 24.4. The van der Waals surface area contributed by atoms with E-state index in [9.17, 15) is 19.8 Å². The Morgan fingerprint density at radius 1 is 0.491 bits per heavy atom. The summed E-state index contributed by atoms with van der Waals surface area (Å²) in [7, 11) is 0. The van der Waals surface area contributed by atoms with E-state index in [1.165, 1.54) is 122 Å². The van der Waals surface area contributed by atoms with Gasteiger partial charge in [0, 0.05) is 12.8 Å². The van der Waals surface area contributed by atoms with Crippen molar-refractivity contribution in [3.63, 3.8) is 0 Å². The molecule has 0 aromatic heterocycles. The van der Waals surface area contributed by atoms with Crippen LogP contribution < -0.4 is 5.32 Å². The van der Waals surface area contributed by atoms with Crippen molar-refractivity contribution in [2.75, 3.05) is 13.2 Å². The van der Waals surface area contributed by atoms with Crippen molar-refractivity contribution >= 4 is 11.9 Å². The van der Waals surface area contributed by atoms with Gasteiger partial charge in [-0.05, 0) is 96.3 Å². The van der Waals surface area contributed by atoms with Gasteiger partial charge < -0.3 is 20.3 Å². The number of hydrogen-bond acceptors (Lipinski definition) is 5. The van der Waals surface area contributed by atoms with Gasteiger partial charge in [0.1, 0.15) is 0 Å². The Morgan fingerprint density at radius 3 is 1.37 bits per heavy atom. The van der Waals surface area contributed by atoms with Crippen LogP contribution in [0.25, 0.3) is 0 Å². The van der Waals surface area contributed by atoms with Crippen LogP contribution in [0, 0.1) is 0 Å². The van der Waals surface area contributed by atoms with Crippen LogP contribution in [0.5, 0.6) is 0 Å². The maximum atomic E-state index is 12.4. The molecule has 1 amide bonds. The summed E-state index contributed by atoms with van der Waals surface area (Å²) in [6.07, 6.45) is 56.8. The zero-order chi connectivity index (χ0) is 41.5. The number of carbonyl (C=O) groups is 2. The fourth-order valence-electron chi connectivity index (χ4n) is 7.01. The molecule has 0 aromatic rings. The van der Waals surface area contributed by atoms with Gasteiger partial charge in [0.25, 0.3) is 0 Å². The van der Waals surface area contributed by atoms with E-state index >= 15 is 0 Å². The molecule has 0 bridgehead atoms. The quantitative estimate of drug-likeness (QED) is 0.0324. The Hall–Kier alpha value is -2.18. The normalized spacial score (nSPS) is 13.1. The summed E-state index contributed by atoms with van der Waals surface area (Å²) < 4.78 is 5.44. The van der Waals surface area contributed by atoms with Crippen LogP contribution in [0.4, 0.5) is 0 Å². The molecule has 3 N–H and O–H groups in total. The topological polar surface area (TPSA) is 95.9 Å². The lowest BCUT2D eigenvalue weighted by atomic mass is 10.1. The van der Waals surface area contributed by atoms with E-state index in [1.54, 1.807) is 6.08 Å². The number of rotatable bonds is 44. The largest absolute Gasteiger partial charge is 0.466 e. The highest BCUT2D eigenvalue weighted by Gasteiger charge is 2.18. The van der Waals surface area contributed by atoms with Gasteiger partial charge in [0.2, 0.25) is 5.91 Å². The molecule has 2 unspecified atom stereocenters. The summed E-state index contributed by atoms with van der Waals surface area (Å²) in [4.78, 5) is 24.4. The zero-order valence-corrected chi connectivity index (χ0v) is 37.6. The molecule has 0 rings (SSSR count). The van der Waals surface area contributed by atoms with Crippen molar-refractivity contribution in [1.82, 2.24) is 5.32 Å². The molecule has 0 aliphatic carbocycles. The molecule has 0 saturated carbocycles. The van der Waals surface area contributed by atoms with Crippen molar-refractivity contribution < 1.29 is 24.5 Å². The lowest BCUT2D eigenvalue weighted by Gasteiger charge is -2.20. The van der Waals surface area contributed by atoms with Crippen LogP contribution in [0.3, 0.4) is 0 Å². The molecular weight excluding hydrogens is 707 g/mol. The van der Waals surface area contributed by atoms with Gasteiger partial charge in [-0.25, -0.2) is 0 Å². The van der Waals surface area contributed by atoms with E-state index in [-0.39, 0.29) is 18.5 Å². The van der Waals surface area contributed by atoms with Gasteiger partial charge in [0.05, 0.1) is 25.4 Å². The molecule has 0 saturated heterocycles. The van der Waals surface area contributed by atoms with Crippen LogP contribution in [0.1, 0.15) is 239 Å². The van der Waals surface area contributed by atoms with Crippen molar-refractivity contribution in [3.8, 4) is 0 Å². The highest BCUT2D eigenvalue weighted by atomic mass is 16.5. The number of allylic oxidation sites excluding steroid dienone is 7. The number of aliphatic hydroxyl groups is 2. The van der Waals surface area contributed by atoms with Crippen molar-refractivity contribution in [1.29, 1.82) is 0 Å². The highest BCUT2D eigenvalue weighted by Crippen LogP contribution is 2.13. The third-order valence-corrected chi connectivity index (χ3v) is 10.8. The summed E-state index contributed by atoms with van der Waals surface area (Å²) >= 11 is 0. The Labute approximate surface area is 353 Å². The minimum Gasteiger partial charge on any atom is -0.466 e. The predicted molar refractivity (Wildman–Crippen MR) is 245 cm³/mol. The number of aliphatic hydroxyl groups excluding tert-OH is 2. The molecule has 332 valence electrons. The third-order valence-electron chi connectivity index (χ3n) is 10.8. The zero-order valence-electron chi connectivity index (χ0n) is 37.6. The second-order valence-electron chi connectivity index (χ2n) is 16.4. The van der Waals surface area contributed by atoms with Crippen LogP contribution >= 0.6 is 0 Å². The second-order valence-corrected chi connectivity index (χ2v) is 16.4. The standard InChI is InChI=1S/C51H93NO5/c1-3-5-7-9-11-13-15-16-17-18-19-20-21-25-29-33-37-41-45-51(56)57-46-42-38-34-30-26-23-22-24-28-32-36-40-44-50(55)52-48(47-53)49(54)43-39-35-31-27-14-12-10-8-6-4-2/h13,15,17-18,23,26,39,43,48-49,53-54H,3-12,14,16,19-22,24-25,27-38,40-42,44-47H2,1-2H3,(H,52,55)/b15-13-,18-17-,26-23-,43-39+. The van der Waals surface area contributed by atoms with E-state index in [4.69, 9.17) is 4.74 Å². The first-order valence-electron chi connectivity index (χ1n) is 24.4. The van der Waals surface area contributed by atoms with Gasteiger partial charge in [-0.1, -0.05) is 178 Å². The number of esters is 1. The van der Waals surface area contributed by atoms with Crippen LogP contribution in [0.15, 0.2) is 48.6 Å². The summed E-state index contributed by atoms with van der Waals surface area (Å²) in [5.74, 6) is -0.131. The molecule has 6 heteroatoms. The summed E-state index contributed by atoms with van der Waals surface area (Å²) in [6.45, 7) is 4.78. The fraction of sp³-hybridized carbons (Fsp3) is 0.804. The lowest BCUT2D eigenvalue weighted by Crippen LogP contribution is -2.45. The molecule has 57 heavy (non-hydrogen) atoms. The van der Waals surface area contributed by atoms with Crippen LogP contribution in [0.2, 0.25) is 0 Å². The molecule has 0 radical (unpaired) electrons. The molecule has 0 fully saturated rings. The number of carbonyl (C=O) groups excluding carboxylic acids is 2. The summed E-state index contributed by atoms with van der Waals surface area (Å²) in [5, 5.41) is 22.9. The second kappa shape index (κ2) is 46.5. The Bertz CT molecular complexity index is 973. The van der Waals surface area contributed by atoms with Gasteiger partial charge in [0.15, 0.2) is 0 Å². The van der Waals surface area contributed by atoms with E-state index in [2.05, 4.69) is 55.6 Å². The minimum absolute atomic E-state index is 0.0332. The molecule has 0 heterocycles. The fourth-order valence-corrected chi connectivity index (χ4v) is 7.01. The molecular formula is C51H93NO5. The first kappa shape index (κ1) is 54.8. The Kier molecular flexibility index (Phi) is 44.7. The Morgan fingerprint density at radius 2 is 0.877 bits per heavy atom. The van der Waals surface area contributed by atoms with Gasteiger partial charge in [-0.2, -0.15) is 0 Å². The Balaban J connectivity index is 3.53. The summed E-state index contributed by atoms with van der Waals surface area (Å²) in [6, 6.07) is -0.646. The van der Waals surface area contributed by atoms with Gasteiger partial charge in [-0.3, -0.25) is 9.59 Å². The molecule has 0 aliphatic rings. The van der Waals surface area contributed by atoms with E-state index in [1.807, 2.05) is 6.08 Å². The van der Waals surface area contributed by atoms with Crippen molar-refractivity contribution in [3.05, 3.63) is 48.6 Å². The molecule has 0 aliphatic heterocycles. The van der Waals surface area contributed by atoms with Crippen LogP contribution in [-0.4, -0.2) is 47.4 Å². The monoisotopic (exact) mass is 800 g/mol. The molecule has 0 aromatic carbocycles. The van der Waals surface area contributed by atoms with Crippen molar-refractivity contribution in [2.45, 2.75) is 251 Å². The summed E-state index contributed by atoms with van der Waals surface area (Å²) in [5.41, 5.74) is 0. The van der Waals surface area contributed by atoms with Gasteiger partial charge >= 0.3 is 5.97 Å². The third kappa shape index (κ3) is 43.2. The lowest BCUT2D eigenvalue weighted by molar-refractivity contribution is -0.143. The maximum absolute atomic E-state index is 12.4. The van der Waals surface area contributed by atoms with E-state index < -0.39 is 12.1 Å². The average Bonchev–Trinajstić information content (AvgIpc) is 3.21. The number of amides is 1. The molecule has 2 atom stereocenters. The number of hydrogen-bond donors (Lipinski definition) is 3. The van der Waals surface area contributed by atoms with Crippen molar-refractivity contribution in [2.24, 2.45) is 0 Å². The smallest absolute Gasteiger partial charge is 0.305 e. The van der Waals surface area contributed by atoms with Gasteiger partial charge in [-0.15, -0.1) is 0 Å². The minimum atomic E-state index is -0.860. The highest BCUT2D eigenvalue weighted by molar-refractivity contribution is 5.76.